The normalized spacial score (nSPS) is 18.1. The largest absolute Gasteiger partial charge is 0.493 e. The lowest BCUT2D eigenvalue weighted by molar-refractivity contribution is -0.131. The smallest absolute Gasteiger partial charge is 0.231 e. The second-order valence-corrected chi connectivity index (χ2v) is 14.3. The average Bonchev–Trinajstić information content (AvgIpc) is 3.24. The molecule has 2 amide bonds. The van der Waals surface area contributed by atoms with Crippen molar-refractivity contribution in [2.45, 2.75) is 58.5 Å². The van der Waals surface area contributed by atoms with E-state index in [1.807, 2.05) is 50.3 Å². The minimum Gasteiger partial charge on any atom is -0.493 e. The lowest BCUT2D eigenvalue weighted by Gasteiger charge is -2.34. The van der Waals surface area contributed by atoms with Crippen molar-refractivity contribution in [1.82, 2.24) is 9.80 Å². The Morgan fingerprint density at radius 2 is 1.41 bits per heavy atom. The average molecular weight is 793 g/mol. The number of rotatable bonds is 12. The summed E-state index contributed by atoms with van der Waals surface area (Å²) in [6.07, 6.45) is 10.0. The molecule has 0 aliphatic carbocycles. The maximum Gasteiger partial charge on any atom is 0.231 e. The summed E-state index contributed by atoms with van der Waals surface area (Å²) < 4.78 is 59.8. The summed E-state index contributed by atoms with van der Waals surface area (Å²) >= 11 is 0. The molecule has 2 unspecified atom stereocenters. The molecule has 1 N–H and O–H groups in total. The molecule has 0 radical (unpaired) electrons. The highest BCUT2D eigenvalue weighted by Crippen LogP contribution is 2.39. The lowest BCUT2D eigenvalue weighted by atomic mass is 9.88. The van der Waals surface area contributed by atoms with Crippen molar-refractivity contribution >= 4 is 17.4 Å². The van der Waals surface area contributed by atoms with Crippen molar-refractivity contribution in [2.75, 3.05) is 27.4 Å². The molecule has 4 aromatic rings. The van der Waals surface area contributed by atoms with E-state index in [4.69, 9.17) is 19.3 Å². The second-order valence-electron chi connectivity index (χ2n) is 14.3. The van der Waals surface area contributed by atoms with Gasteiger partial charge in [0.2, 0.25) is 11.8 Å². The van der Waals surface area contributed by atoms with E-state index in [9.17, 15) is 18.4 Å². The molecule has 8 nitrogen and oxygen atoms in total. The quantitative estimate of drug-likeness (QED) is 0.154. The van der Waals surface area contributed by atoms with Crippen molar-refractivity contribution in [3.05, 3.63) is 165 Å². The Balaban J connectivity index is 1.30. The first-order valence-corrected chi connectivity index (χ1v) is 19.1. The minimum atomic E-state index is -0.579. The molecular formula is C47H47F3N2O6. The van der Waals surface area contributed by atoms with Gasteiger partial charge >= 0.3 is 0 Å². The van der Waals surface area contributed by atoms with Crippen molar-refractivity contribution in [3.8, 4) is 17.2 Å². The molecule has 6 rings (SSSR count). The summed E-state index contributed by atoms with van der Waals surface area (Å²) in [5.74, 6) is -1.53. The summed E-state index contributed by atoms with van der Waals surface area (Å²) in [5, 5.41) is 9.17. The molecule has 302 valence electrons. The molecule has 0 bridgehead atoms. The Kier molecular flexibility index (Phi) is 13.2. The van der Waals surface area contributed by atoms with Gasteiger partial charge < -0.3 is 29.1 Å². The highest BCUT2D eigenvalue weighted by Gasteiger charge is 2.31. The number of aliphatic hydroxyl groups is 1. The summed E-state index contributed by atoms with van der Waals surface area (Å²) in [6.45, 7) is 5.31. The van der Waals surface area contributed by atoms with Gasteiger partial charge in [-0.25, -0.2) is 13.2 Å². The topological polar surface area (TPSA) is 88.5 Å². The molecule has 2 heterocycles. The van der Waals surface area contributed by atoms with E-state index in [0.717, 1.165) is 33.4 Å². The number of nitrogens with zero attached hydrogens (tertiary/aromatic N) is 2. The number of halogens is 3. The first kappa shape index (κ1) is 41.6. The number of carbonyl (C=O) groups excluding carboxylic acids is 2. The van der Waals surface area contributed by atoms with Crippen LogP contribution in [0.4, 0.5) is 13.2 Å². The van der Waals surface area contributed by atoms with E-state index >= 15 is 4.39 Å². The SMILES string of the molecule is C/C=C1\C=CN(C(=O)Cc2cc(OC)c(OC)cc2F)C(c2cccc(/C(C)=C3\C=CN(C(=O)Cc4cc(OCCO)c(F)cc4C)C(c4ccc(F)cc4)C3)c2)C1. The summed E-state index contributed by atoms with van der Waals surface area (Å²) in [6, 6.07) is 18.7. The van der Waals surface area contributed by atoms with E-state index < -0.39 is 23.5 Å². The van der Waals surface area contributed by atoms with E-state index in [-0.39, 0.29) is 61.0 Å². The number of methoxy groups -OCH3 is 2. The molecule has 58 heavy (non-hydrogen) atoms. The maximum absolute atomic E-state index is 15.1. The molecule has 2 aliphatic rings. The molecule has 11 heteroatoms. The number of aliphatic hydroxyl groups excluding tert-OH is 1. The molecule has 0 aromatic heterocycles. The Morgan fingerprint density at radius 1 is 0.776 bits per heavy atom. The van der Waals surface area contributed by atoms with Gasteiger partial charge in [-0.2, -0.15) is 0 Å². The maximum atomic E-state index is 15.1. The van der Waals surface area contributed by atoms with Crippen LogP contribution in [0.15, 0.2) is 115 Å². The number of allylic oxidation sites excluding steroid dienone is 4. The van der Waals surface area contributed by atoms with Crippen molar-refractivity contribution < 1.29 is 42.1 Å². The number of hydrogen-bond acceptors (Lipinski definition) is 6. The summed E-state index contributed by atoms with van der Waals surface area (Å²) in [5.41, 5.74) is 6.89. The molecular weight excluding hydrogens is 746 g/mol. The molecule has 0 fully saturated rings. The van der Waals surface area contributed by atoms with Crippen LogP contribution in [0.5, 0.6) is 17.2 Å². The van der Waals surface area contributed by atoms with Crippen LogP contribution in [0.2, 0.25) is 0 Å². The fourth-order valence-electron chi connectivity index (χ4n) is 7.42. The van der Waals surface area contributed by atoms with Crippen LogP contribution >= 0.6 is 0 Å². The molecule has 2 atom stereocenters. The van der Waals surface area contributed by atoms with Crippen LogP contribution in [-0.4, -0.2) is 54.2 Å². The lowest BCUT2D eigenvalue weighted by Crippen LogP contribution is -2.34. The van der Waals surface area contributed by atoms with Gasteiger partial charge in [0.15, 0.2) is 23.1 Å². The zero-order chi connectivity index (χ0) is 41.5. The van der Waals surface area contributed by atoms with Gasteiger partial charge in [0.05, 0.1) is 45.8 Å². The predicted molar refractivity (Wildman–Crippen MR) is 217 cm³/mol. The third kappa shape index (κ3) is 9.21. The third-order valence-electron chi connectivity index (χ3n) is 10.8. The van der Waals surface area contributed by atoms with E-state index in [2.05, 4.69) is 6.07 Å². The Labute approximate surface area is 337 Å². The van der Waals surface area contributed by atoms with Crippen LogP contribution in [-0.2, 0) is 22.4 Å². The predicted octanol–water partition coefficient (Wildman–Crippen LogP) is 9.28. The van der Waals surface area contributed by atoms with Crippen LogP contribution in [0, 0.1) is 24.4 Å². The highest BCUT2D eigenvalue weighted by molar-refractivity contribution is 5.83. The van der Waals surface area contributed by atoms with Gasteiger partial charge in [0, 0.05) is 24.0 Å². The number of hydrogen-bond donors (Lipinski definition) is 1. The Bertz CT molecular complexity index is 2300. The van der Waals surface area contributed by atoms with Crippen molar-refractivity contribution in [2.24, 2.45) is 0 Å². The van der Waals surface area contributed by atoms with Crippen LogP contribution < -0.4 is 14.2 Å². The van der Waals surface area contributed by atoms with Gasteiger partial charge in [-0.1, -0.05) is 36.4 Å². The third-order valence-corrected chi connectivity index (χ3v) is 10.8. The zero-order valence-corrected chi connectivity index (χ0v) is 33.2. The fourth-order valence-corrected chi connectivity index (χ4v) is 7.42. The standard InChI is InChI=1S/C47H47F3N2O6/c1-6-31-14-16-51(47(55)27-37-25-44(56-4)45(57-5)28-39(37)49)41(21-31)35-9-7-8-33(22-35)30(3)34-15-17-52(42(23-34)32-10-12-38(48)13-11-32)46(54)26-36-24-43(58-19-18-53)40(50)20-29(36)2/h6-17,20,22,24-25,28,41-42,53H,18-19,21,23,26-27H2,1-5H3/b31-6+,34-30+. The number of amides is 2. The molecule has 4 aromatic carbocycles. The second kappa shape index (κ2) is 18.5. The number of aryl methyl sites for hydroxylation is 1. The summed E-state index contributed by atoms with van der Waals surface area (Å²) in [4.78, 5) is 31.2. The first-order valence-electron chi connectivity index (χ1n) is 19.1. The number of benzene rings is 4. The number of ether oxygens (including phenoxy) is 3. The van der Waals surface area contributed by atoms with Crippen LogP contribution in [0.25, 0.3) is 5.57 Å². The van der Waals surface area contributed by atoms with E-state index in [0.29, 0.717) is 29.7 Å². The van der Waals surface area contributed by atoms with Crippen molar-refractivity contribution in [1.29, 1.82) is 0 Å². The Morgan fingerprint density at radius 3 is 2.09 bits per heavy atom. The Hall–Kier alpha value is -6.07. The van der Waals surface area contributed by atoms with Crippen molar-refractivity contribution in [3.63, 3.8) is 0 Å². The number of carbonyl (C=O) groups is 2. The monoisotopic (exact) mass is 792 g/mol. The fraction of sp³-hybridized carbons (Fsp3) is 0.277. The van der Waals surface area contributed by atoms with Gasteiger partial charge in [-0.05, 0) is 127 Å². The van der Waals surface area contributed by atoms with Gasteiger partial charge in [-0.15, -0.1) is 0 Å². The van der Waals surface area contributed by atoms with Gasteiger partial charge in [0.25, 0.3) is 0 Å². The van der Waals surface area contributed by atoms with Crippen LogP contribution in [0.3, 0.4) is 0 Å². The van der Waals surface area contributed by atoms with Gasteiger partial charge in [-0.3, -0.25) is 9.59 Å². The van der Waals surface area contributed by atoms with Gasteiger partial charge in [0.1, 0.15) is 18.2 Å². The van der Waals surface area contributed by atoms with E-state index in [1.165, 1.54) is 50.6 Å². The summed E-state index contributed by atoms with van der Waals surface area (Å²) in [7, 11) is 2.88. The van der Waals surface area contributed by atoms with Crippen LogP contribution in [0.1, 0.15) is 72.2 Å². The molecule has 0 saturated carbocycles. The van der Waals surface area contributed by atoms with E-state index in [1.54, 1.807) is 41.3 Å². The molecule has 2 aliphatic heterocycles. The molecule has 0 spiro atoms. The first-order chi connectivity index (χ1) is 27.9. The molecule has 0 saturated heterocycles. The minimum absolute atomic E-state index is 0.0401. The highest BCUT2D eigenvalue weighted by atomic mass is 19.1. The zero-order valence-electron chi connectivity index (χ0n) is 33.2.